The molecule has 5 nitrogen and oxygen atoms in total. The minimum absolute atomic E-state index is 0.417. The highest BCUT2D eigenvalue weighted by molar-refractivity contribution is 5.66. The van der Waals surface area contributed by atoms with Gasteiger partial charge in [-0.05, 0) is 26.3 Å². The SMILES string of the molecule is CC(C)(C)OC(=O)NN(N)Cc1ccccc1. The van der Waals surface area contributed by atoms with Crippen molar-refractivity contribution in [1.29, 1.82) is 0 Å². The maximum absolute atomic E-state index is 11.4. The predicted molar refractivity (Wildman–Crippen MR) is 65.5 cm³/mol. The molecule has 0 heterocycles. The van der Waals surface area contributed by atoms with Gasteiger partial charge in [0.15, 0.2) is 0 Å². The van der Waals surface area contributed by atoms with Crippen molar-refractivity contribution in [2.24, 2.45) is 5.84 Å². The molecule has 3 N–H and O–H groups in total. The molecule has 0 bridgehead atoms. The third kappa shape index (κ3) is 5.89. The molecule has 1 aromatic carbocycles. The number of hydrogen-bond acceptors (Lipinski definition) is 4. The molecule has 0 fully saturated rings. The Bertz CT molecular complexity index is 360. The summed E-state index contributed by atoms with van der Waals surface area (Å²) >= 11 is 0. The molecule has 1 amide bonds. The summed E-state index contributed by atoms with van der Waals surface area (Å²) in [6.07, 6.45) is -0.559. The summed E-state index contributed by atoms with van der Waals surface area (Å²) in [5, 5.41) is 1.20. The zero-order valence-corrected chi connectivity index (χ0v) is 10.4. The van der Waals surface area contributed by atoms with Crippen LogP contribution in [0.3, 0.4) is 0 Å². The van der Waals surface area contributed by atoms with Crippen LogP contribution < -0.4 is 11.3 Å². The van der Waals surface area contributed by atoms with Crippen LogP contribution in [-0.4, -0.2) is 16.8 Å². The van der Waals surface area contributed by atoms with Crippen molar-refractivity contribution in [2.75, 3.05) is 0 Å². The van der Waals surface area contributed by atoms with E-state index in [9.17, 15) is 4.79 Å². The predicted octanol–water partition coefficient (Wildman–Crippen LogP) is 1.80. The molecule has 0 spiro atoms. The monoisotopic (exact) mass is 237 g/mol. The van der Waals surface area contributed by atoms with E-state index in [-0.39, 0.29) is 0 Å². The Labute approximate surface area is 101 Å². The number of ether oxygens (including phenoxy) is 1. The van der Waals surface area contributed by atoms with E-state index < -0.39 is 11.7 Å². The summed E-state index contributed by atoms with van der Waals surface area (Å²) in [7, 11) is 0. The van der Waals surface area contributed by atoms with Gasteiger partial charge in [0.05, 0.1) is 6.54 Å². The largest absolute Gasteiger partial charge is 0.443 e. The molecule has 0 aliphatic rings. The summed E-state index contributed by atoms with van der Waals surface area (Å²) in [4.78, 5) is 11.4. The third-order valence-corrected chi connectivity index (χ3v) is 1.83. The number of rotatable bonds is 3. The van der Waals surface area contributed by atoms with E-state index in [1.54, 1.807) is 20.8 Å². The lowest BCUT2D eigenvalue weighted by atomic mass is 10.2. The minimum Gasteiger partial charge on any atom is -0.443 e. The molecule has 5 heteroatoms. The zero-order chi connectivity index (χ0) is 12.9. The number of carbonyl (C=O) groups is 1. The Morgan fingerprint density at radius 1 is 1.35 bits per heavy atom. The van der Waals surface area contributed by atoms with Gasteiger partial charge in [0.25, 0.3) is 0 Å². The first-order valence-corrected chi connectivity index (χ1v) is 5.42. The minimum atomic E-state index is -0.559. The number of nitrogens with two attached hydrogens (primary N) is 1. The molecule has 0 radical (unpaired) electrons. The molecule has 0 atom stereocenters. The second-order valence-corrected chi connectivity index (χ2v) is 4.73. The second-order valence-electron chi connectivity index (χ2n) is 4.73. The van der Waals surface area contributed by atoms with Crippen molar-refractivity contribution in [3.8, 4) is 0 Å². The van der Waals surface area contributed by atoms with Crippen LogP contribution in [0.2, 0.25) is 0 Å². The van der Waals surface area contributed by atoms with E-state index in [4.69, 9.17) is 10.6 Å². The third-order valence-electron chi connectivity index (χ3n) is 1.83. The standard InChI is InChI=1S/C12H19N3O2/c1-12(2,3)17-11(16)14-15(13)9-10-7-5-4-6-8-10/h4-8H,9,13H2,1-3H3,(H,14,16). The van der Waals surface area contributed by atoms with Gasteiger partial charge >= 0.3 is 6.09 Å². The molecule has 0 aliphatic carbocycles. The van der Waals surface area contributed by atoms with Gasteiger partial charge in [-0.25, -0.2) is 10.2 Å². The van der Waals surface area contributed by atoms with E-state index in [0.717, 1.165) is 5.56 Å². The molecule has 0 unspecified atom stereocenters. The average molecular weight is 237 g/mol. The fourth-order valence-corrected chi connectivity index (χ4v) is 1.24. The molecule has 0 saturated carbocycles. The maximum Gasteiger partial charge on any atom is 0.423 e. The lowest BCUT2D eigenvalue weighted by molar-refractivity contribution is 0.0315. The van der Waals surface area contributed by atoms with Crippen molar-refractivity contribution in [2.45, 2.75) is 32.9 Å². The van der Waals surface area contributed by atoms with E-state index >= 15 is 0 Å². The van der Waals surface area contributed by atoms with Gasteiger partial charge in [0.1, 0.15) is 5.60 Å². The van der Waals surface area contributed by atoms with Crippen LogP contribution in [0.4, 0.5) is 4.79 Å². The Balaban J connectivity index is 2.40. The Kier molecular flexibility index (Phi) is 4.48. The fraction of sp³-hybridized carbons (Fsp3) is 0.417. The first-order chi connectivity index (χ1) is 7.87. The summed E-state index contributed by atoms with van der Waals surface area (Å²) in [5.41, 5.74) is 2.91. The van der Waals surface area contributed by atoms with Crippen LogP contribution in [-0.2, 0) is 11.3 Å². The molecule has 0 saturated heterocycles. The molecule has 0 aromatic heterocycles. The van der Waals surface area contributed by atoms with Crippen molar-refractivity contribution >= 4 is 6.09 Å². The van der Waals surface area contributed by atoms with Gasteiger partial charge in [-0.15, -0.1) is 0 Å². The topological polar surface area (TPSA) is 67.6 Å². The van der Waals surface area contributed by atoms with E-state index in [1.807, 2.05) is 30.3 Å². The summed E-state index contributed by atoms with van der Waals surface area (Å²) in [6, 6.07) is 9.60. The summed E-state index contributed by atoms with van der Waals surface area (Å²) in [5.74, 6) is 5.65. The van der Waals surface area contributed by atoms with Gasteiger partial charge in [-0.2, -0.15) is 5.12 Å². The fourth-order valence-electron chi connectivity index (χ4n) is 1.24. The van der Waals surface area contributed by atoms with Gasteiger partial charge in [0.2, 0.25) is 0 Å². The number of carbonyl (C=O) groups excluding carboxylic acids is 1. The molecular weight excluding hydrogens is 218 g/mol. The Hall–Kier alpha value is -1.59. The van der Waals surface area contributed by atoms with Gasteiger partial charge in [0, 0.05) is 0 Å². The quantitative estimate of drug-likeness (QED) is 0.621. The van der Waals surface area contributed by atoms with Crippen LogP contribution in [0.15, 0.2) is 30.3 Å². The van der Waals surface area contributed by atoms with Crippen molar-refractivity contribution in [3.05, 3.63) is 35.9 Å². The van der Waals surface area contributed by atoms with Crippen LogP contribution in [0, 0.1) is 0 Å². The maximum atomic E-state index is 11.4. The van der Waals surface area contributed by atoms with E-state index in [1.165, 1.54) is 5.12 Å². The smallest absolute Gasteiger partial charge is 0.423 e. The van der Waals surface area contributed by atoms with Gasteiger partial charge < -0.3 is 4.74 Å². The summed E-state index contributed by atoms with van der Waals surface area (Å²) < 4.78 is 5.07. The number of amides is 1. The highest BCUT2D eigenvalue weighted by Crippen LogP contribution is 2.06. The van der Waals surface area contributed by atoms with Gasteiger partial charge in [-0.3, -0.25) is 5.84 Å². The van der Waals surface area contributed by atoms with Crippen LogP contribution in [0.1, 0.15) is 26.3 Å². The van der Waals surface area contributed by atoms with Crippen molar-refractivity contribution < 1.29 is 9.53 Å². The van der Waals surface area contributed by atoms with Crippen molar-refractivity contribution in [3.63, 3.8) is 0 Å². The Morgan fingerprint density at radius 3 is 2.47 bits per heavy atom. The molecule has 0 aliphatic heterocycles. The molecule has 1 rings (SSSR count). The molecular formula is C12H19N3O2. The van der Waals surface area contributed by atoms with Crippen LogP contribution >= 0.6 is 0 Å². The number of nitrogens with zero attached hydrogens (tertiary/aromatic N) is 1. The lowest BCUT2D eigenvalue weighted by Gasteiger charge is -2.23. The molecule has 17 heavy (non-hydrogen) atoms. The molecule has 94 valence electrons. The Morgan fingerprint density at radius 2 is 1.94 bits per heavy atom. The lowest BCUT2D eigenvalue weighted by Crippen LogP contribution is -2.48. The van der Waals surface area contributed by atoms with Crippen molar-refractivity contribution in [1.82, 2.24) is 10.5 Å². The number of nitrogens with one attached hydrogen (secondary N) is 1. The second kappa shape index (κ2) is 5.65. The number of hydrogen-bond donors (Lipinski definition) is 2. The van der Waals surface area contributed by atoms with E-state index in [2.05, 4.69) is 5.43 Å². The van der Waals surface area contributed by atoms with Gasteiger partial charge in [-0.1, -0.05) is 30.3 Å². The first kappa shape index (κ1) is 13.5. The highest BCUT2D eigenvalue weighted by atomic mass is 16.6. The highest BCUT2D eigenvalue weighted by Gasteiger charge is 2.17. The zero-order valence-electron chi connectivity index (χ0n) is 10.4. The van der Waals surface area contributed by atoms with E-state index in [0.29, 0.717) is 6.54 Å². The van der Waals surface area contributed by atoms with Crippen LogP contribution in [0.5, 0.6) is 0 Å². The first-order valence-electron chi connectivity index (χ1n) is 5.42. The summed E-state index contributed by atoms with van der Waals surface area (Å²) in [6.45, 7) is 5.81. The molecule has 1 aromatic rings. The average Bonchev–Trinajstić information content (AvgIpc) is 2.15. The van der Waals surface area contributed by atoms with Crippen LogP contribution in [0.25, 0.3) is 0 Å². The normalized spacial score (nSPS) is 11.4. The number of hydrazine groups is 2. The number of benzene rings is 1.